The van der Waals surface area contributed by atoms with Crippen LogP contribution in [0.4, 0.5) is 0 Å². The van der Waals surface area contributed by atoms with Gasteiger partial charge in [-0.15, -0.1) is 0 Å². The molecule has 1 fully saturated rings. The molecule has 1 aromatic rings. The standard InChI is InChI=1S/C17H25NO3/c1-12-6-4-5-7-15(12)18-17(19)10-13-8-9-14(20-2)11-16(13)21-3/h8-9,11-12,15H,4-7,10H2,1-3H3,(H,18,19). The van der Waals surface area contributed by atoms with Crippen molar-refractivity contribution in [3.63, 3.8) is 0 Å². The molecule has 2 unspecified atom stereocenters. The van der Waals surface area contributed by atoms with E-state index in [1.807, 2.05) is 18.2 Å². The van der Waals surface area contributed by atoms with Gasteiger partial charge in [-0.05, 0) is 24.8 Å². The van der Waals surface area contributed by atoms with Crippen LogP contribution in [0.15, 0.2) is 18.2 Å². The summed E-state index contributed by atoms with van der Waals surface area (Å²) in [6.45, 7) is 2.22. The van der Waals surface area contributed by atoms with Crippen LogP contribution in [0.1, 0.15) is 38.2 Å². The number of carbonyl (C=O) groups is 1. The van der Waals surface area contributed by atoms with Gasteiger partial charge in [0.25, 0.3) is 0 Å². The number of ether oxygens (including phenoxy) is 2. The quantitative estimate of drug-likeness (QED) is 0.907. The van der Waals surface area contributed by atoms with Gasteiger partial charge in [0.2, 0.25) is 5.91 Å². The molecule has 1 aliphatic carbocycles. The topological polar surface area (TPSA) is 47.6 Å². The van der Waals surface area contributed by atoms with Crippen LogP contribution in [-0.2, 0) is 11.2 Å². The maximum atomic E-state index is 12.3. The predicted molar refractivity (Wildman–Crippen MR) is 82.8 cm³/mol. The second-order valence-electron chi connectivity index (χ2n) is 5.79. The van der Waals surface area contributed by atoms with E-state index < -0.39 is 0 Å². The van der Waals surface area contributed by atoms with Crippen molar-refractivity contribution in [1.29, 1.82) is 0 Å². The van der Waals surface area contributed by atoms with Crippen molar-refractivity contribution in [2.45, 2.75) is 45.1 Å². The van der Waals surface area contributed by atoms with Gasteiger partial charge < -0.3 is 14.8 Å². The second-order valence-corrected chi connectivity index (χ2v) is 5.79. The minimum atomic E-state index is 0.0669. The molecule has 0 heterocycles. The summed E-state index contributed by atoms with van der Waals surface area (Å²) in [7, 11) is 3.23. The maximum Gasteiger partial charge on any atom is 0.224 e. The van der Waals surface area contributed by atoms with Gasteiger partial charge in [-0.3, -0.25) is 4.79 Å². The lowest BCUT2D eigenvalue weighted by Crippen LogP contribution is -2.41. The molecule has 1 N–H and O–H groups in total. The molecule has 4 heteroatoms. The van der Waals surface area contributed by atoms with Crippen molar-refractivity contribution in [3.8, 4) is 11.5 Å². The van der Waals surface area contributed by atoms with E-state index in [1.165, 1.54) is 19.3 Å². The van der Waals surface area contributed by atoms with E-state index in [0.717, 1.165) is 17.7 Å². The Morgan fingerprint density at radius 1 is 1.24 bits per heavy atom. The Labute approximate surface area is 126 Å². The summed E-state index contributed by atoms with van der Waals surface area (Å²) in [5.74, 6) is 2.07. The number of rotatable bonds is 5. The first-order chi connectivity index (χ1) is 10.1. The summed E-state index contributed by atoms with van der Waals surface area (Å²) in [4.78, 5) is 12.3. The number of hydrogen-bond acceptors (Lipinski definition) is 3. The van der Waals surface area contributed by atoms with Gasteiger partial charge in [0.05, 0.1) is 20.6 Å². The van der Waals surface area contributed by atoms with Crippen LogP contribution in [0.5, 0.6) is 11.5 Å². The van der Waals surface area contributed by atoms with Crippen LogP contribution >= 0.6 is 0 Å². The highest BCUT2D eigenvalue weighted by atomic mass is 16.5. The number of hydrogen-bond donors (Lipinski definition) is 1. The Morgan fingerprint density at radius 2 is 2.00 bits per heavy atom. The maximum absolute atomic E-state index is 12.3. The first-order valence-electron chi connectivity index (χ1n) is 7.64. The zero-order valence-corrected chi connectivity index (χ0v) is 13.1. The molecule has 0 radical (unpaired) electrons. The molecular weight excluding hydrogens is 266 g/mol. The zero-order valence-electron chi connectivity index (χ0n) is 13.1. The summed E-state index contributed by atoms with van der Waals surface area (Å²) in [5, 5.41) is 3.17. The SMILES string of the molecule is COc1ccc(CC(=O)NC2CCCCC2C)c(OC)c1. The molecular formula is C17H25NO3. The molecule has 2 rings (SSSR count). The molecule has 0 bridgehead atoms. The van der Waals surface area contributed by atoms with Crippen LogP contribution in [0.2, 0.25) is 0 Å². The van der Waals surface area contributed by atoms with Crippen LogP contribution < -0.4 is 14.8 Å². The lowest BCUT2D eigenvalue weighted by Gasteiger charge is -2.29. The molecule has 1 amide bonds. The minimum Gasteiger partial charge on any atom is -0.497 e. The Kier molecular flexibility index (Phi) is 5.48. The van der Waals surface area contributed by atoms with Crippen LogP contribution in [0.25, 0.3) is 0 Å². The molecule has 1 saturated carbocycles. The Hall–Kier alpha value is -1.71. The smallest absolute Gasteiger partial charge is 0.224 e. The monoisotopic (exact) mass is 291 g/mol. The van der Waals surface area contributed by atoms with E-state index in [0.29, 0.717) is 24.1 Å². The van der Waals surface area contributed by atoms with Gasteiger partial charge >= 0.3 is 0 Å². The van der Waals surface area contributed by atoms with Gasteiger partial charge in [-0.25, -0.2) is 0 Å². The Morgan fingerprint density at radius 3 is 2.67 bits per heavy atom. The summed E-state index contributed by atoms with van der Waals surface area (Å²) >= 11 is 0. The van der Waals surface area contributed by atoms with E-state index in [9.17, 15) is 4.79 Å². The third-order valence-electron chi connectivity index (χ3n) is 4.30. The first-order valence-corrected chi connectivity index (χ1v) is 7.64. The highest BCUT2D eigenvalue weighted by Gasteiger charge is 2.23. The van der Waals surface area contributed by atoms with Crippen molar-refractivity contribution in [1.82, 2.24) is 5.32 Å². The number of benzene rings is 1. The molecule has 0 spiro atoms. The number of carbonyl (C=O) groups excluding carboxylic acids is 1. The fourth-order valence-electron chi connectivity index (χ4n) is 2.96. The van der Waals surface area contributed by atoms with E-state index in [-0.39, 0.29) is 5.91 Å². The fraction of sp³-hybridized carbons (Fsp3) is 0.588. The van der Waals surface area contributed by atoms with Gasteiger partial charge in [-0.2, -0.15) is 0 Å². The lowest BCUT2D eigenvalue weighted by atomic mass is 9.86. The summed E-state index contributed by atoms with van der Waals surface area (Å²) < 4.78 is 10.5. The van der Waals surface area contributed by atoms with Crippen molar-refractivity contribution in [2.75, 3.05) is 14.2 Å². The van der Waals surface area contributed by atoms with Crippen LogP contribution in [-0.4, -0.2) is 26.2 Å². The molecule has 0 aliphatic heterocycles. The minimum absolute atomic E-state index is 0.0669. The number of amides is 1. The predicted octanol–water partition coefficient (Wildman–Crippen LogP) is 2.94. The molecule has 1 aliphatic rings. The largest absolute Gasteiger partial charge is 0.497 e. The van der Waals surface area contributed by atoms with Crippen molar-refractivity contribution in [3.05, 3.63) is 23.8 Å². The number of methoxy groups -OCH3 is 2. The molecule has 4 nitrogen and oxygen atoms in total. The van der Waals surface area contributed by atoms with Crippen molar-refractivity contribution >= 4 is 5.91 Å². The summed E-state index contributed by atoms with van der Waals surface area (Å²) in [6, 6.07) is 5.87. The molecule has 116 valence electrons. The van der Waals surface area contributed by atoms with E-state index in [1.54, 1.807) is 14.2 Å². The van der Waals surface area contributed by atoms with Gasteiger partial charge in [0, 0.05) is 17.7 Å². The van der Waals surface area contributed by atoms with Crippen molar-refractivity contribution < 1.29 is 14.3 Å². The molecule has 1 aromatic carbocycles. The first kappa shape index (κ1) is 15.7. The average molecular weight is 291 g/mol. The molecule has 0 saturated heterocycles. The van der Waals surface area contributed by atoms with E-state index in [2.05, 4.69) is 12.2 Å². The van der Waals surface area contributed by atoms with E-state index >= 15 is 0 Å². The van der Waals surface area contributed by atoms with Crippen molar-refractivity contribution in [2.24, 2.45) is 5.92 Å². The highest BCUT2D eigenvalue weighted by Crippen LogP contribution is 2.26. The Balaban J connectivity index is 1.98. The van der Waals surface area contributed by atoms with Crippen LogP contribution in [0.3, 0.4) is 0 Å². The lowest BCUT2D eigenvalue weighted by molar-refractivity contribution is -0.121. The molecule has 21 heavy (non-hydrogen) atoms. The second kappa shape index (κ2) is 7.34. The van der Waals surface area contributed by atoms with Crippen LogP contribution in [0, 0.1) is 5.92 Å². The molecule has 2 atom stereocenters. The molecule has 0 aromatic heterocycles. The van der Waals surface area contributed by atoms with Gasteiger partial charge in [0.1, 0.15) is 11.5 Å². The normalized spacial score (nSPS) is 21.7. The average Bonchev–Trinajstić information content (AvgIpc) is 2.50. The fourth-order valence-corrected chi connectivity index (χ4v) is 2.96. The highest BCUT2D eigenvalue weighted by molar-refractivity contribution is 5.79. The van der Waals surface area contributed by atoms with E-state index in [4.69, 9.17) is 9.47 Å². The summed E-state index contributed by atoms with van der Waals surface area (Å²) in [5.41, 5.74) is 0.888. The van der Waals surface area contributed by atoms with Gasteiger partial charge in [-0.1, -0.05) is 25.8 Å². The summed E-state index contributed by atoms with van der Waals surface area (Å²) in [6.07, 6.45) is 5.13. The zero-order chi connectivity index (χ0) is 15.2. The third kappa shape index (κ3) is 4.13. The Bertz CT molecular complexity index is 487. The third-order valence-corrected chi connectivity index (χ3v) is 4.30. The van der Waals surface area contributed by atoms with Gasteiger partial charge in [0.15, 0.2) is 0 Å². The number of nitrogens with one attached hydrogen (secondary N) is 1.